The van der Waals surface area contributed by atoms with Crippen molar-refractivity contribution in [2.45, 2.75) is 236 Å². The van der Waals surface area contributed by atoms with E-state index in [0.29, 0.717) is 0 Å². The Morgan fingerprint density at radius 1 is 0.352 bits per heavy atom. The third-order valence-electron chi connectivity index (χ3n) is 23.4. The Morgan fingerprint density at radius 2 is 0.563 bits per heavy atom. The fourth-order valence-electron chi connectivity index (χ4n) is 16.1. The van der Waals surface area contributed by atoms with Crippen molar-refractivity contribution >= 4 is 136 Å². The minimum absolute atomic E-state index is 0.00748. The molecule has 56 nitrogen and oxygen atoms in total. The lowest BCUT2D eigenvalue weighted by atomic mass is 10.1. The van der Waals surface area contributed by atoms with E-state index < -0.39 is 321 Å². The van der Waals surface area contributed by atoms with Crippen LogP contribution < -0.4 is 103 Å². The predicted molar refractivity (Wildman–Crippen MR) is 504 cm³/mol. The van der Waals surface area contributed by atoms with Gasteiger partial charge in [-0.15, -0.1) is 0 Å². The maximum absolute atomic E-state index is 14.9. The van der Waals surface area contributed by atoms with E-state index in [4.69, 9.17) is 185 Å². The van der Waals surface area contributed by atoms with E-state index in [1.165, 1.54) is 67.1 Å². The second-order valence-corrected chi connectivity index (χ2v) is 52.6. The number of H-pyrrole nitrogens is 6. The van der Waals surface area contributed by atoms with Crippen LogP contribution in [-0.2, 0) is 184 Å². The third kappa shape index (κ3) is 27.5. The van der Waals surface area contributed by atoms with Crippen LogP contribution in [-0.4, -0.2) is 204 Å². The summed E-state index contributed by atoms with van der Waals surface area (Å²) in [5, 5.41) is 0. The van der Waals surface area contributed by atoms with Crippen LogP contribution in [0, 0.1) is 48.5 Å². The Kier molecular flexibility index (Phi) is 35.5. The number of nitrogen functional groups attached to an aromatic ring is 1. The number of anilines is 1. The number of hydrogen-bond acceptors (Lipinski definition) is 49. The standard InChI is InChI=1S/C72H98N15O41P7S7/c1-10-38-39(11-52(115-38)82-19-32(3)60(88)75-67(82)95)123-130(102,137)109-26-48-42(14-55(118-48)84-21-34(5)62(90)77-69(84)97)126-134(106,141)113-29-51-45(17-58(121-51)87-24-37(8)65(93)80-72(87)100)128-135(107,142)114-30-50-44(16-57(120-50)86-23-36(7)64(92)79-71(86)99)127-133(105,140)111-27-47-41(13-53(117-47)81-18-31(2)59(73)74-66(81)94)124-132(104,139)112-28-49-43(15-56(119-49)85-22-35(6)63(91)78-70(85)98)125-131(103,138)110-25-46-40(122-129(101,136)108-9)12-54(116-46)83-20-33(4)61(89)76-68(83)96/h18-24,38-58H,10-17,25-30H2,1-9H3,(H,101,136)(H,102,137)(H,103,138)(H,104,139)(H,105,140)(H,106,141)(H,107,142)(H2,73,74,94)(H,75,88,95)(H,76,89,96)(H,77,90,97)(H,78,91,98)(H,79,92,99)(H,80,93,100)/p-6/t38-,39-,40-,41-,42-,43-,44-,45-,46-,47-,48-,49-,50-,51-,52-,53-,54-,55-,56-,57-,58-,129?,130?,131?,132?,133?,134?,135?/m1/s1. The Bertz CT molecular complexity index is 7180. The van der Waals surface area contributed by atoms with Crippen LogP contribution in [0.25, 0.3) is 0 Å². The summed E-state index contributed by atoms with van der Waals surface area (Å²) in [5.41, 5.74) is -4.62. The third-order valence-corrected chi connectivity index (χ3v) is 34.5. The number of rotatable bonds is 41. The van der Waals surface area contributed by atoms with Crippen molar-refractivity contribution in [3.63, 3.8) is 0 Å². The van der Waals surface area contributed by atoms with Gasteiger partial charge in [0.25, 0.3) is 33.4 Å². The first-order valence-electron chi connectivity index (χ1n) is 42.7. The Hall–Kier alpha value is -5.84. The van der Waals surface area contributed by atoms with Crippen LogP contribution in [0.1, 0.15) is 141 Å². The highest BCUT2D eigenvalue weighted by molar-refractivity contribution is 8.32. The molecule has 7 aromatic rings. The van der Waals surface area contributed by atoms with E-state index >= 15 is 0 Å². The lowest BCUT2D eigenvalue weighted by molar-refractivity contribution is -0.220. The largest absolute Gasteiger partial charge is 0.780 e. The molecule has 0 spiro atoms. The quantitative estimate of drug-likeness (QED) is 0.0139. The molecule has 28 atom stereocenters. The van der Waals surface area contributed by atoms with E-state index in [1.807, 2.05) is 0 Å². The zero-order valence-electron chi connectivity index (χ0n) is 75.5. The van der Waals surface area contributed by atoms with Gasteiger partial charge in [-0.2, -0.15) is 4.98 Å². The normalized spacial score (nSPS) is 29.8. The molecule has 70 heteroatoms. The molecule has 0 aliphatic carbocycles. The summed E-state index contributed by atoms with van der Waals surface area (Å²) in [7, 11) is 1.00. The highest BCUT2D eigenvalue weighted by Crippen LogP contribution is 2.57. The van der Waals surface area contributed by atoms with Crippen molar-refractivity contribution in [2.24, 2.45) is 0 Å². The molecule has 0 saturated carbocycles. The van der Waals surface area contributed by atoms with Gasteiger partial charge in [0.2, 0.25) is 0 Å². The van der Waals surface area contributed by atoms with Crippen LogP contribution in [0.5, 0.6) is 0 Å². The van der Waals surface area contributed by atoms with Gasteiger partial charge in [0.05, 0.1) is 88.5 Å². The molecule has 7 aliphatic heterocycles. The maximum atomic E-state index is 14.9. The topological polar surface area (TPSA) is 737 Å². The Morgan fingerprint density at radius 3 is 0.817 bits per heavy atom. The average molecular weight is 2260 g/mol. The van der Waals surface area contributed by atoms with Gasteiger partial charge in [0.1, 0.15) is 120 Å². The lowest BCUT2D eigenvalue weighted by Crippen LogP contribution is -2.35. The first kappa shape index (κ1) is 112. The van der Waals surface area contributed by atoms with Gasteiger partial charge in [0, 0.05) is 134 Å². The van der Waals surface area contributed by atoms with Crippen molar-refractivity contribution in [3.05, 3.63) is 218 Å². The summed E-state index contributed by atoms with van der Waals surface area (Å²) >= 11 is 37.6. The van der Waals surface area contributed by atoms with Crippen molar-refractivity contribution in [1.29, 1.82) is 0 Å². The molecule has 0 aromatic carbocycles. The summed E-state index contributed by atoms with van der Waals surface area (Å²) in [6.07, 6.45) is -24.2. The molecule has 9 N–H and O–H groups in total. The summed E-state index contributed by atoms with van der Waals surface area (Å²) in [4.78, 5) is 268. The van der Waals surface area contributed by atoms with Gasteiger partial charge >= 0.3 is 46.5 Å². The second-order valence-electron chi connectivity index (χ2n) is 33.4. The maximum Gasteiger partial charge on any atom is 0.351 e. The van der Waals surface area contributed by atoms with E-state index in [-0.39, 0.29) is 64.0 Å². The zero-order chi connectivity index (χ0) is 103. The minimum Gasteiger partial charge on any atom is -0.780 e. The first-order chi connectivity index (χ1) is 66.4. The fourth-order valence-corrected chi connectivity index (χ4v) is 25.8. The summed E-state index contributed by atoms with van der Waals surface area (Å²) in [5.74, 6) is -0.181. The number of aromatic nitrogens is 14. The molecule has 7 aliphatic rings. The number of nitrogens with two attached hydrogens (primary N) is 1. The Labute approximate surface area is 834 Å². The number of ether oxygens (including phenoxy) is 7. The molecule has 0 amide bonds. The summed E-state index contributed by atoms with van der Waals surface area (Å²) < 4.78 is 146. The molecule has 7 aromatic heterocycles. The van der Waals surface area contributed by atoms with Gasteiger partial charge in [0.15, 0.2) is 6.80 Å². The number of nitrogens with one attached hydrogen (secondary N) is 6. The molecule has 0 radical (unpaired) electrons. The molecule has 7 fully saturated rings. The highest BCUT2D eigenvalue weighted by atomic mass is 32.7. The smallest absolute Gasteiger partial charge is 0.351 e. The van der Waals surface area contributed by atoms with Crippen LogP contribution in [0.2, 0.25) is 0 Å². The van der Waals surface area contributed by atoms with Gasteiger partial charge < -0.3 is 144 Å². The molecule has 142 heavy (non-hydrogen) atoms. The number of aryl methyl sites for hydroxylation is 7. The molecule has 0 bridgehead atoms. The molecule has 784 valence electrons. The van der Waals surface area contributed by atoms with Gasteiger partial charge in [-0.25, -0.2) is 33.6 Å². The van der Waals surface area contributed by atoms with Crippen LogP contribution in [0.4, 0.5) is 5.82 Å². The second kappa shape index (κ2) is 45.1. The number of nitrogens with zero attached hydrogens (tertiary/aromatic N) is 8. The molecule has 7 unspecified atom stereocenters. The molecule has 14 rings (SSSR count). The van der Waals surface area contributed by atoms with Gasteiger partial charge in [-0.3, -0.25) is 95.2 Å². The van der Waals surface area contributed by atoms with Crippen molar-refractivity contribution in [1.82, 2.24) is 66.9 Å². The van der Waals surface area contributed by atoms with Crippen molar-refractivity contribution in [3.8, 4) is 0 Å². The summed E-state index contributed by atoms with van der Waals surface area (Å²) in [6.45, 7) is -27.6. The first-order valence-corrected chi connectivity index (χ1v) is 60.6. The average Bonchev–Trinajstić information content (AvgIpc) is 1.58. The number of aromatic amines is 6. The minimum atomic E-state index is -5.10. The van der Waals surface area contributed by atoms with Crippen LogP contribution >= 0.6 is 47.1 Å². The Balaban J connectivity index is 0.665. The zero-order valence-corrected chi connectivity index (χ0v) is 87.5. The van der Waals surface area contributed by atoms with Crippen LogP contribution in [0.3, 0.4) is 0 Å². The fraction of sp³-hybridized carbons (Fsp3) is 0.611. The van der Waals surface area contributed by atoms with E-state index in [2.05, 4.69) is 34.9 Å². The predicted octanol–water partition coefficient (Wildman–Crippen LogP) is -3.05. The summed E-state index contributed by atoms with van der Waals surface area (Å²) in [6, 6.07) is 0. The van der Waals surface area contributed by atoms with E-state index in [1.54, 1.807) is 6.92 Å². The van der Waals surface area contributed by atoms with Gasteiger partial charge in [-0.05, 0) is 66.7 Å². The van der Waals surface area contributed by atoms with Crippen LogP contribution in [0.15, 0.2) is 106 Å². The molecular formula is C72H92N15O41P7S7-6. The highest BCUT2D eigenvalue weighted by Gasteiger charge is 2.50. The lowest BCUT2D eigenvalue weighted by Gasteiger charge is -2.36. The van der Waals surface area contributed by atoms with Gasteiger partial charge in [-0.1, -0.05) is 66.0 Å². The molecular weight excluding hydrogens is 2170 g/mol. The van der Waals surface area contributed by atoms with Crippen molar-refractivity contribution < 1.29 is 130 Å². The SMILES string of the molecule is CC[C@H]1O[C@@H](n2cc(C)c(=O)[nH]c2=O)C[C@H]1OP(O)(=S)OC[C@H]1O[C@@H](n2cc(C)c(=O)[nH]c2=O)C[C@H]1OP(=O)([S-])OC[C@H]1O[C@@H](n2cc(C)c(=O)[nH]c2=O)C[C@H]1OP([O-])(=S)OC[C@H]1O[C@@H](n2cc(C)c(=O)[nH]c2=O)C[C@H]1OP([O-])(=S)OC[C@H]1O[C@@H](n2cc(C)c(N)nc2=O)C[C@H]1OP([O-])(=S)OC[C@H]1O[C@@H](n2cc(C)c(=O)[nH]c2=O)C[C@H]1OP([O-])(=S)OC[C@H]1O[C@@H](n2cc(C)c(=O)[nH]c2=O)C[C@H]1OP([O-])(=S)OC. The molecule has 7 saturated heterocycles. The van der Waals surface area contributed by atoms with E-state index in [9.17, 15) is 96.3 Å². The van der Waals surface area contributed by atoms with E-state index in [0.717, 1.165) is 63.9 Å². The van der Waals surface area contributed by atoms with Crippen molar-refractivity contribution in [2.75, 3.05) is 52.5 Å². The number of hydrogen-bond donors (Lipinski definition) is 8. The molecule has 14 heterocycles. The monoisotopic (exact) mass is 2260 g/mol.